The van der Waals surface area contributed by atoms with Crippen molar-refractivity contribution in [3.63, 3.8) is 0 Å². The van der Waals surface area contributed by atoms with E-state index in [1.807, 2.05) is 6.92 Å². The van der Waals surface area contributed by atoms with Gasteiger partial charge in [0.2, 0.25) is 0 Å². The van der Waals surface area contributed by atoms with E-state index in [-0.39, 0.29) is 12.5 Å². The summed E-state index contributed by atoms with van der Waals surface area (Å²) in [5.41, 5.74) is 1.57. The third-order valence-electron chi connectivity index (χ3n) is 2.55. The third-order valence-corrected chi connectivity index (χ3v) is 2.55. The van der Waals surface area contributed by atoms with Crippen LogP contribution in [0.2, 0.25) is 0 Å². The molecule has 0 aliphatic heterocycles. The van der Waals surface area contributed by atoms with Crippen molar-refractivity contribution >= 4 is 0 Å². The van der Waals surface area contributed by atoms with Crippen LogP contribution in [0.4, 0.5) is 0 Å². The molecule has 94 valence electrons. The Hall–Kier alpha value is -1.45. The van der Waals surface area contributed by atoms with Gasteiger partial charge in [-0.3, -0.25) is 0 Å². The van der Waals surface area contributed by atoms with Gasteiger partial charge in [0.25, 0.3) is 0 Å². The van der Waals surface area contributed by atoms with Gasteiger partial charge in [0.1, 0.15) is 5.69 Å². The highest BCUT2D eigenvalue weighted by Crippen LogP contribution is 2.19. The predicted octanol–water partition coefficient (Wildman–Crippen LogP) is 1.09. The summed E-state index contributed by atoms with van der Waals surface area (Å²) in [6.07, 6.45) is 0.999. The van der Waals surface area contributed by atoms with Crippen molar-refractivity contribution in [1.82, 2.24) is 15.0 Å². The molecule has 0 N–H and O–H groups in total. The molecular weight excluding hydrogens is 220 g/mol. The third kappa shape index (κ3) is 3.51. The van der Waals surface area contributed by atoms with Crippen LogP contribution >= 0.6 is 0 Å². The fraction of sp³-hybridized carbons (Fsp3) is 0.727. The molecule has 6 heteroatoms. The molecule has 1 aromatic rings. The van der Waals surface area contributed by atoms with Crippen LogP contribution in [0.3, 0.4) is 0 Å². The highest BCUT2D eigenvalue weighted by molar-refractivity contribution is 5.16. The number of hydrogen-bond donors (Lipinski definition) is 0. The Morgan fingerprint density at radius 1 is 1.47 bits per heavy atom. The monoisotopic (exact) mass is 238 g/mol. The van der Waals surface area contributed by atoms with Crippen molar-refractivity contribution in [3.8, 4) is 6.07 Å². The van der Waals surface area contributed by atoms with Gasteiger partial charge in [-0.25, -0.2) is 4.68 Å². The Kier molecular flexibility index (Phi) is 5.60. The zero-order chi connectivity index (χ0) is 12.7. The summed E-state index contributed by atoms with van der Waals surface area (Å²) in [4.78, 5) is 0. The summed E-state index contributed by atoms with van der Waals surface area (Å²) in [7, 11) is 3.30. The van der Waals surface area contributed by atoms with E-state index in [4.69, 9.17) is 14.7 Å². The Morgan fingerprint density at radius 2 is 2.24 bits per heavy atom. The summed E-state index contributed by atoms with van der Waals surface area (Å²) >= 11 is 0. The lowest BCUT2D eigenvalue weighted by Crippen LogP contribution is -2.11. The summed E-state index contributed by atoms with van der Waals surface area (Å²) in [6, 6.07) is 2.09. The van der Waals surface area contributed by atoms with Crippen LogP contribution < -0.4 is 0 Å². The molecule has 0 fully saturated rings. The molecule has 1 rings (SSSR count). The molecule has 0 radical (unpaired) electrons. The fourth-order valence-electron chi connectivity index (χ4n) is 1.64. The molecule has 0 amide bonds. The number of rotatable bonds is 7. The van der Waals surface area contributed by atoms with Crippen molar-refractivity contribution in [2.24, 2.45) is 0 Å². The first kappa shape index (κ1) is 13.6. The summed E-state index contributed by atoms with van der Waals surface area (Å²) in [5, 5.41) is 16.8. The van der Waals surface area contributed by atoms with Crippen LogP contribution in [0.25, 0.3) is 0 Å². The zero-order valence-corrected chi connectivity index (χ0v) is 10.5. The second kappa shape index (κ2) is 6.99. The first-order valence-electron chi connectivity index (χ1n) is 5.55. The molecule has 1 atom stereocenters. The number of aryl methyl sites for hydroxylation is 1. The van der Waals surface area contributed by atoms with E-state index in [0.29, 0.717) is 12.3 Å². The van der Waals surface area contributed by atoms with Gasteiger partial charge in [-0.15, -0.1) is 5.10 Å². The Bertz CT molecular complexity index is 383. The molecule has 0 saturated heterocycles. The number of ether oxygens (including phenoxy) is 2. The normalized spacial score (nSPS) is 12.4. The minimum atomic E-state index is -0.115. The van der Waals surface area contributed by atoms with E-state index in [1.165, 1.54) is 0 Å². The molecule has 0 saturated carbocycles. The lowest BCUT2D eigenvalue weighted by atomic mass is 10.2. The molecule has 17 heavy (non-hydrogen) atoms. The molecule has 1 heterocycles. The largest absolute Gasteiger partial charge is 0.385 e. The second-order valence-electron chi connectivity index (χ2n) is 3.70. The van der Waals surface area contributed by atoms with Gasteiger partial charge in [-0.2, -0.15) is 5.26 Å². The Balaban J connectivity index is 2.85. The Labute approximate surface area is 101 Å². The van der Waals surface area contributed by atoms with Gasteiger partial charge in [-0.1, -0.05) is 5.21 Å². The van der Waals surface area contributed by atoms with E-state index >= 15 is 0 Å². The molecular formula is C11H18N4O2. The van der Waals surface area contributed by atoms with Gasteiger partial charge in [0.05, 0.1) is 24.3 Å². The van der Waals surface area contributed by atoms with Gasteiger partial charge >= 0.3 is 0 Å². The molecule has 6 nitrogen and oxygen atoms in total. The molecule has 0 aromatic carbocycles. The highest BCUT2D eigenvalue weighted by Gasteiger charge is 2.18. The minimum Gasteiger partial charge on any atom is -0.385 e. The molecule has 0 bridgehead atoms. The number of hydrogen-bond acceptors (Lipinski definition) is 5. The van der Waals surface area contributed by atoms with Gasteiger partial charge < -0.3 is 9.47 Å². The van der Waals surface area contributed by atoms with Crippen LogP contribution in [-0.4, -0.2) is 35.8 Å². The first-order chi connectivity index (χ1) is 8.24. The number of methoxy groups -OCH3 is 2. The van der Waals surface area contributed by atoms with Crippen LogP contribution in [0.1, 0.15) is 30.8 Å². The van der Waals surface area contributed by atoms with Crippen molar-refractivity contribution in [3.05, 3.63) is 11.4 Å². The molecule has 1 unspecified atom stereocenters. The van der Waals surface area contributed by atoms with Gasteiger partial charge in [-0.05, 0) is 13.3 Å². The molecule has 0 aliphatic rings. The van der Waals surface area contributed by atoms with E-state index in [0.717, 1.165) is 18.7 Å². The average Bonchev–Trinajstić information content (AvgIpc) is 2.72. The summed E-state index contributed by atoms with van der Waals surface area (Å²) in [5.74, 6) is 0. The molecule has 0 spiro atoms. The molecule has 0 aliphatic carbocycles. The van der Waals surface area contributed by atoms with Crippen LogP contribution in [-0.2, 0) is 22.4 Å². The zero-order valence-electron chi connectivity index (χ0n) is 10.5. The van der Waals surface area contributed by atoms with Crippen LogP contribution in [0.5, 0.6) is 0 Å². The summed E-state index contributed by atoms with van der Waals surface area (Å²) < 4.78 is 12.1. The predicted molar refractivity (Wildman–Crippen MR) is 61.3 cm³/mol. The number of aromatic nitrogens is 3. The van der Waals surface area contributed by atoms with Crippen molar-refractivity contribution in [2.45, 2.75) is 32.4 Å². The Morgan fingerprint density at radius 3 is 2.82 bits per heavy atom. The van der Waals surface area contributed by atoms with Crippen LogP contribution in [0.15, 0.2) is 0 Å². The lowest BCUT2D eigenvalue weighted by molar-refractivity contribution is 0.109. The fourth-order valence-corrected chi connectivity index (χ4v) is 1.64. The maximum Gasteiger partial charge on any atom is 0.103 e. The minimum absolute atomic E-state index is 0.115. The maximum absolute atomic E-state index is 8.73. The number of nitrogens with zero attached hydrogens (tertiary/aromatic N) is 4. The second-order valence-corrected chi connectivity index (χ2v) is 3.70. The number of nitriles is 1. The molecule has 1 aromatic heterocycles. The van der Waals surface area contributed by atoms with E-state index in [9.17, 15) is 0 Å². The van der Waals surface area contributed by atoms with Crippen molar-refractivity contribution in [2.75, 3.05) is 20.8 Å². The lowest BCUT2D eigenvalue weighted by Gasteiger charge is -2.12. The van der Waals surface area contributed by atoms with E-state index < -0.39 is 0 Å². The van der Waals surface area contributed by atoms with Gasteiger partial charge in [0.15, 0.2) is 0 Å². The van der Waals surface area contributed by atoms with Crippen molar-refractivity contribution < 1.29 is 9.47 Å². The standard InChI is InChI=1S/C11H18N4O2/c1-9(17-3)11-10(5-6-12)13-14-15(11)7-4-8-16-2/h9H,4-5,7-8H2,1-3H3. The SMILES string of the molecule is COCCCn1nnc(CC#N)c1C(C)OC. The first-order valence-corrected chi connectivity index (χ1v) is 5.55. The van der Waals surface area contributed by atoms with E-state index in [2.05, 4.69) is 16.4 Å². The van der Waals surface area contributed by atoms with Gasteiger partial charge in [0, 0.05) is 27.4 Å². The average molecular weight is 238 g/mol. The topological polar surface area (TPSA) is 73.0 Å². The quantitative estimate of drug-likeness (QED) is 0.665. The summed E-state index contributed by atoms with van der Waals surface area (Å²) in [6.45, 7) is 3.32. The van der Waals surface area contributed by atoms with Crippen LogP contribution in [0, 0.1) is 11.3 Å². The van der Waals surface area contributed by atoms with Crippen molar-refractivity contribution in [1.29, 1.82) is 5.26 Å². The highest BCUT2D eigenvalue weighted by atomic mass is 16.5. The smallest absolute Gasteiger partial charge is 0.103 e. The van der Waals surface area contributed by atoms with E-state index in [1.54, 1.807) is 18.9 Å². The maximum atomic E-state index is 8.73.